The fraction of sp³-hybridized carbons (Fsp3) is 0.176. The van der Waals surface area contributed by atoms with Gasteiger partial charge in [-0.15, -0.1) is 0 Å². The molecule has 2 aromatic rings. The largest absolute Gasteiger partial charge is 0.465 e. The Hall–Kier alpha value is -2.21. The van der Waals surface area contributed by atoms with Gasteiger partial charge < -0.3 is 9.64 Å². The standard InChI is InChI=1S/C17H15BrFNO3/c1-20(10-13-9-14(18)7-8-15(13)19)16(21)11-3-5-12(6-4-11)17(22)23-2/h3-9H,10H2,1-2H3. The summed E-state index contributed by atoms with van der Waals surface area (Å²) >= 11 is 3.28. The molecular weight excluding hydrogens is 365 g/mol. The first-order chi connectivity index (χ1) is 10.9. The molecule has 2 rings (SSSR count). The first-order valence-corrected chi connectivity index (χ1v) is 7.59. The van der Waals surface area contributed by atoms with E-state index in [1.54, 1.807) is 31.3 Å². The number of carbonyl (C=O) groups is 2. The molecule has 0 saturated carbocycles. The third-order valence-electron chi connectivity index (χ3n) is 3.31. The van der Waals surface area contributed by atoms with Gasteiger partial charge in [-0.25, -0.2) is 9.18 Å². The van der Waals surface area contributed by atoms with Crippen molar-refractivity contribution in [2.24, 2.45) is 0 Å². The van der Waals surface area contributed by atoms with Crippen LogP contribution in [0.25, 0.3) is 0 Å². The second-order valence-corrected chi connectivity index (χ2v) is 5.88. The summed E-state index contributed by atoms with van der Waals surface area (Å²) in [5, 5.41) is 0. The highest BCUT2D eigenvalue weighted by Gasteiger charge is 2.15. The maximum atomic E-state index is 13.8. The number of amides is 1. The molecule has 0 aliphatic rings. The summed E-state index contributed by atoms with van der Waals surface area (Å²) in [4.78, 5) is 25.2. The molecule has 120 valence electrons. The van der Waals surface area contributed by atoms with E-state index in [-0.39, 0.29) is 18.3 Å². The maximum absolute atomic E-state index is 13.8. The number of methoxy groups -OCH3 is 1. The number of halogens is 2. The van der Waals surface area contributed by atoms with Crippen molar-refractivity contribution in [2.45, 2.75) is 6.54 Å². The molecule has 2 aromatic carbocycles. The van der Waals surface area contributed by atoms with E-state index in [0.717, 1.165) is 4.47 Å². The minimum atomic E-state index is -0.464. The second kappa shape index (κ2) is 7.37. The van der Waals surface area contributed by atoms with Gasteiger partial charge in [-0.05, 0) is 42.5 Å². The number of nitrogens with zero attached hydrogens (tertiary/aromatic N) is 1. The van der Waals surface area contributed by atoms with Crippen molar-refractivity contribution in [3.8, 4) is 0 Å². The maximum Gasteiger partial charge on any atom is 0.337 e. The van der Waals surface area contributed by atoms with Crippen molar-refractivity contribution >= 4 is 27.8 Å². The van der Waals surface area contributed by atoms with E-state index in [9.17, 15) is 14.0 Å². The van der Waals surface area contributed by atoms with Crippen LogP contribution >= 0.6 is 15.9 Å². The summed E-state index contributed by atoms with van der Waals surface area (Å²) in [5.41, 5.74) is 1.20. The zero-order valence-corrected chi connectivity index (χ0v) is 14.3. The minimum absolute atomic E-state index is 0.142. The Labute approximate surface area is 142 Å². The minimum Gasteiger partial charge on any atom is -0.465 e. The molecule has 0 radical (unpaired) electrons. The zero-order valence-electron chi connectivity index (χ0n) is 12.7. The van der Waals surface area contributed by atoms with Crippen molar-refractivity contribution in [1.29, 1.82) is 0 Å². The van der Waals surface area contributed by atoms with Gasteiger partial charge in [0, 0.05) is 29.2 Å². The Morgan fingerprint density at radius 1 is 1.13 bits per heavy atom. The van der Waals surface area contributed by atoms with Gasteiger partial charge >= 0.3 is 5.97 Å². The van der Waals surface area contributed by atoms with Crippen molar-refractivity contribution in [1.82, 2.24) is 4.90 Å². The van der Waals surface area contributed by atoms with E-state index < -0.39 is 5.97 Å². The molecule has 0 atom stereocenters. The van der Waals surface area contributed by atoms with Crippen LogP contribution in [0, 0.1) is 5.82 Å². The summed E-state index contributed by atoms with van der Waals surface area (Å²) in [6.45, 7) is 0.142. The number of ether oxygens (including phenoxy) is 1. The molecule has 1 amide bonds. The number of benzene rings is 2. The van der Waals surface area contributed by atoms with Gasteiger partial charge in [0.2, 0.25) is 0 Å². The second-order valence-electron chi connectivity index (χ2n) is 4.97. The SMILES string of the molecule is COC(=O)c1ccc(C(=O)N(C)Cc2cc(Br)ccc2F)cc1. The van der Waals surface area contributed by atoms with Crippen molar-refractivity contribution in [2.75, 3.05) is 14.2 Å². The number of hydrogen-bond acceptors (Lipinski definition) is 3. The lowest BCUT2D eigenvalue weighted by molar-refractivity contribution is 0.0600. The predicted molar refractivity (Wildman–Crippen MR) is 87.7 cm³/mol. The first kappa shape index (κ1) is 17.1. The summed E-state index contributed by atoms with van der Waals surface area (Å²) in [5.74, 6) is -1.09. The lowest BCUT2D eigenvalue weighted by Crippen LogP contribution is -2.26. The molecule has 0 aliphatic carbocycles. The summed E-state index contributed by atoms with van der Waals surface area (Å²) in [7, 11) is 2.89. The Balaban J connectivity index is 2.13. The van der Waals surface area contributed by atoms with E-state index >= 15 is 0 Å². The Morgan fingerprint density at radius 2 is 1.74 bits per heavy atom. The third-order valence-corrected chi connectivity index (χ3v) is 3.81. The van der Waals surface area contributed by atoms with Crippen LogP contribution in [-0.4, -0.2) is 30.9 Å². The van der Waals surface area contributed by atoms with Crippen molar-refractivity contribution in [3.05, 3.63) is 69.4 Å². The van der Waals surface area contributed by atoms with E-state index in [0.29, 0.717) is 16.7 Å². The molecule has 0 fully saturated rings. The lowest BCUT2D eigenvalue weighted by atomic mass is 10.1. The normalized spacial score (nSPS) is 10.3. The van der Waals surface area contributed by atoms with Crippen molar-refractivity contribution in [3.63, 3.8) is 0 Å². The summed E-state index contributed by atoms with van der Waals surface area (Å²) in [6.07, 6.45) is 0. The highest BCUT2D eigenvalue weighted by Crippen LogP contribution is 2.18. The average molecular weight is 380 g/mol. The van der Waals surface area contributed by atoms with Gasteiger partial charge in [-0.2, -0.15) is 0 Å². The first-order valence-electron chi connectivity index (χ1n) is 6.80. The Kier molecular flexibility index (Phi) is 5.50. The summed E-state index contributed by atoms with van der Waals surface area (Å²) < 4.78 is 19.1. The van der Waals surface area contributed by atoms with Gasteiger partial charge in [0.15, 0.2) is 0 Å². The van der Waals surface area contributed by atoms with Crippen LogP contribution in [-0.2, 0) is 11.3 Å². The third kappa shape index (κ3) is 4.16. The number of rotatable bonds is 4. The monoisotopic (exact) mass is 379 g/mol. The highest BCUT2D eigenvalue weighted by atomic mass is 79.9. The van der Waals surface area contributed by atoms with E-state index in [1.807, 2.05) is 0 Å². The van der Waals surface area contributed by atoms with Gasteiger partial charge in [0.25, 0.3) is 5.91 Å². The van der Waals surface area contributed by atoms with Gasteiger partial charge in [-0.3, -0.25) is 4.79 Å². The summed E-state index contributed by atoms with van der Waals surface area (Å²) in [6, 6.07) is 10.7. The van der Waals surface area contributed by atoms with Crippen LogP contribution in [0.1, 0.15) is 26.3 Å². The Morgan fingerprint density at radius 3 is 2.35 bits per heavy atom. The van der Waals surface area contributed by atoms with Gasteiger partial charge in [0.1, 0.15) is 5.82 Å². The molecule has 0 saturated heterocycles. The molecule has 0 unspecified atom stereocenters. The molecule has 0 N–H and O–H groups in total. The lowest BCUT2D eigenvalue weighted by Gasteiger charge is -2.18. The molecule has 4 nitrogen and oxygen atoms in total. The van der Waals surface area contributed by atoms with E-state index in [1.165, 1.54) is 30.2 Å². The number of hydrogen-bond donors (Lipinski definition) is 0. The number of carbonyl (C=O) groups excluding carboxylic acids is 2. The van der Waals surface area contributed by atoms with Crippen LogP contribution in [0.3, 0.4) is 0 Å². The molecule has 0 aromatic heterocycles. The molecule has 0 aliphatic heterocycles. The average Bonchev–Trinajstić information content (AvgIpc) is 2.56. The van der Waals surface area contributed by atoms with Gasteiger partial charge in [-0.1, -0.05) is 15.9 Å². The number of esters is 1. The van der Waals surface area contributed by atoms with Crippen LogP contribution in [0.5, 0.6) is 0 Å². The van der Waals surface area contributed by atoms with E-state index in [2.05, 4.69) is 20.7 Å². The molecule has 6 heteroatoms. The van der Waals surface area contributed by atoms with Gasteiger partial charge in [0.05, 0.1) is 12.7 Å². The molecule has 23 heavy (non-hydrogen) atoms. The highest BCUT2D eigenvalue weighted by molar-refractivity contribution is 9.10. The smallest absolute Gasteiger partial charge is 0.337 e. The molecule has 0 bridgehead atoms. The predicted octanol–water partition coefficient (Wildman–Crippen LogP) is 3.65. The quantitative estimate of drug-likeness (QED) is 0.761. The Bertz CT molecular complexity index is 731. The van der Waals surface area contributed by atoms with E-state index in [4.69, 9.17) is 0 Å². The fourth-order valence-corrected chi connectivity index (χ4v) is 2.49. The van der Waals surface area contributed by atoms with Crippen molar-refractivity contribution < 1.29 is 18.7 Å². The molecule has 0 spiro atoms. The molecular formula is C17H15BrFNO3. The van der Waals surface area contributed by atoms with Crippen LogP contribution in [0.2, 0.25) is 0 Å². The van der Waals surface area contributed by atoms with Crippen LogP contribution in [0.4, 0.5) is 4.39 Å². The fourth-order valence-electron chi connectivity index (χ4n) is 2.08. The topological polar surface area (TPSA) is 46.6 Å². The van der Waals surface area contributed by atoms with Crippen LogP contribution < -0.4 is 0 Å². The van der Waals surface area contributed by atoms with Crippen LogP contribution in [0.15, 0.2) is 46.9 Å². The zero-order chi connectivity index (χ0) is 17.0. The molecule has 0 heterocycles.